The van der Waals surface area contributed by atoms with E-state index in [0.717, 1.165) is 28.6 Å². The Morgan fingerprint density at radius 3 is 2.42 bits per heavy atom. The minimum Gasteiger partial charge on any atom is -0.304 e. The molecular formula is C15H18BrNO2. The van der Waals surface area contributed by atoms with Crippen molar-refractivity contribution in [3.8, 4) is 0 Å². The zero-order valence-corrected chi connectivity index (χ0v) is 13.1. The van der Waals surface area contributed by atoms with Crippen molar-refractivity contribution in [3.05, 3.63) is 28.8 Å². The summed E-state index contributed by atoms with van der Waals surface area (Å²) in [7, 11) is 0. The summed E-state index contributed by atoms with van der Waals surface area (Å²) in [6.45, 7) is 6.53. The smallest absolute Gasteiger partial charge is 0.299 e. The van der Waals surface area contributed by atoms with Gasteiger partial charge >= 0.3 is 0 Å². The fraction of sp³-hybridized carbons (Fsp3) is 0.467. The molecular weight excluding hydrogens is 306 g/mol. The molecule has 4 heteroatoms. The highest BCUT2D eigenvalue weighted by Gasteiger charge is 2.38. The van der Waals surface area contributed by atoms with Crippen LogP contribution in [0.3, 0.4) is 0 Å². The van der Waals surface area contributed by atoms with Crippen molar-refractivity contribution in [1.29, 1.82) is 0 Å². The van der Waals surface area contributed by atoms with Crippen LogP contribution in [0, 0.1) is 19.8 Å². The van der Waals surface area contributed by atoms with Crippen molar-refractivity contribution < 1.29 is 9.59 Å². The predicted octanol–water partition coefficient (Wildman–Crippen LogP) is 3.25. The van der Waals surface area contributed by atoms with E-state index in [1.807, 2.05) is 26.0 Å². The summed E-state index contributed by atoms with van der Waals surface area (Å²) in [5.74, 6) is -0.380. The van der Waals surface area contributed by atoms with Crippen LogP contribution in [0.15, 0.2) is 12.1 Å². The number of rotatable bonds is 4. The Labute approximate surface area is 122 Å². The molecule has 1 aliphatic rings. The topological polar surface area (TPSA) is 37.4 Å². The molecule has 2 rings (SSSR count). The molecule has 1 aliphatic heterocycles. The maximum Gasteiger partial charge on any atom is 0.299 e. The number of amides is 1. The maximum atomic E-state index is 12.2. The van der Waals surface area contributed by atoms with Crippen LogP contribution in [0.25, 0.3) is 0 Å². The molecule has 0 fully saturated rings. The van der Waals surface area contributed by atoms with E-state index in [9.17, 15) is 9.59 Å². The van der Waals surface area contributed by atoms with Crippen LogP contribution in [0.2, 0.25) is 0 Å². The Hall–Kier alpha value is -1.16. The number of carbonyl (C=O) groups excluding carboxylic acids is 2. The number of benzene rings is 1. The molecule has 1 unspecified atom stereocenters. The van der Waals surface area contributed by atoms with E-state index in [2.05, 4.69) is 22.9 Å². The van der Waals surface area contributed by atoms with E-state index in [1.165, 1.54) is 0 Å². The molecule has 1 aromatic rings. The van der Waals surface area contributed by atoms with E-state index in [4.69, 9.17) is 0 Å². The summed E-state index contributed by atoms with van der Waals surface area (Å²) < 4.78 is 0. The van der Waals surface area contributed by atoms with Crippen LogP contribution in [-0.2, 0) is 4.79 Å². The summed E-state index contributed by atoms with van der Waals surface area (Å²) in [6, 6.07) is 3.88. The third-order valence-electron chi connectivity index (χ3n) is 3.76. The van der Waals surface area contributed by atoms with Crippen molar-refractivity contribution in [1.82, 2.24) is 0 Å². The molecule has 102 valence electrons. The highest BCUT2D eigenvalue weighted by atomic mass is 79.9. The maximum absolute atomic E-state index is 12.2. The van der Waals surface area contributed by atoms with E-state index >= 15 is 0 Å². The second kappa shape index (κ2) is 5.45. The van der Waals surface area contributed by atoms with Gasteiger partial charge in [0.15, 0.2) is 0 Å². The molecule has 0 saturated heterocycles. The molecule has 1 heterocycles. The Balaban J connectivity index is 2.47. The average molecular weight is 324 g/mol. The number of halogens is 1. The van der Waals surface area contributed by atoms with Gasteiger partial charge in [-0.1, -0.05) is 41.4 Å². The highest BCUT2D eigenvalue weighted by molar-refractivity contribution is 9.09. The van der Waals surface area contributed by atoms with Gasteiger partial charge in [0.05, 0.1) is 11.3 Å². The summed E-state index contributed by atoms with van der Waals surface area (Å²) in [5, 5.41) is 0.835. The molecule has 1 aromatic carbocycles. The van der Waals surface area contributed by atoms with Gasteiger partial charge in [0.25, 0.3) is 11.7 Å². The number of anilines is 1. The molecule has 0 saturated carbocycles. The van der Waals surface area contributed by atoms with Gasteiger partial charge in [-0.3, -0.25) is 9.59 Å². The first-order valence-electron chi connectivity index (χ1n) is 6.53. The highest BCUT2D eigenvalue weighted by Crippen LogP contribution is 2.35. The Bertz CT molecular complexity index is 535. The average Bonchev–Trinajstić information content (AvgIpc) is 2.66. The number of alkyl halides is 1. The van der Waals surface area contributed by atoms with Gasteiger partial charge in [0.2, 0.25) is 0 Å². The lowest BCUT2D eigenvalue weighted by molar-refractivity contribution is -0.114. The van der Waals surface area contributed by atoms with Crippen LogP contribution in [0.1, 0.15) is 34.8 Å². The number of nitrogens with zero attached hydrogens (tertiary/aromatic N) is 1. The molecule has 0 aliphatic carbocycles. The Kier molecular flexibility index (Phi) is 4.09. The second-order valence-electron chi connectivity index (χ2n) is 5.10. The van der Waals surface area contributed by atoms with Crippen LogP contribution in [0.4, 0.5) is 5.69 Å². The molecule has 3 nitrogen and oxygen atoms in total. The lowest BCUT2D eigenvalue weighted by Gasteiger charge is -2.23. The first-order chi connectivity index (χ1) is 9.01. The standard InChI is InChI=1S/C15H18BrNO2/c1-4-11(7-16)8-17-13-10(3)6-5-9(2)12(13)14(18)15(17)19/h5-6,11H,4,7-8H2,1-3H3. The summed E-state index contributed by atoms with van der Waals surface area (Å²) in [4.78, 5) is 26.0. The van der Waals surface area contributed by atoms with Gasteiger partial charge in [-0.15, -0.1) is 0 Å². The number of ketones is 1. The second-order valence-corrected chi connectivity index (χ2v) is 5.74. The first kappa shape index (κ1) is 14.3. The number of hydrogen-bond donors (Lipinski definition) is 0. The predicted molar refractivity (Wildman–Crippen MR) is 80.2 cm³/mol. The van der Waals surface area contributed by atoms with Crippen LogP contribution in [-0.4, -0.2) is 23.6 Å². The zero-order chi connectivity index (χ0) is 14.2. The number of carbonyl (C=O) groups is 2. The molecule has 1 atom stereocenters. The lowest BCUT2D eigenvalue weighted by atomic mass is 10.0. The quantitative estimate of drug-likeness (QED) is 0.630. The van der Waals surface area contributed by atoms with Gasteiger partial charge in [0.1, 0.15) is 0 Å². The van der Waals surface area contributed by atoms with Gasteiger partial charge in [0, 0.05) is 11.9 Å². The Morgan fingerprint density at radius 1 is 1.21 bits per heavy atom. The number of aryl methyl sites for hydroxylation is 2. The molecule has 0 aromatic heterocycles. The van der Waals surface area contributed by atoms with Crippen molar-refractivity contribution in [3.63, 3.8) is 0 Å². The van der Waals surface area contributed by atoms with Crippen molar-refractivity contribution in [2.45, 2.75) is 27.2 Å². The minimum atomic E-state index is -0.383. The summed E-state index contributed by atoms with van der Waals surface area (Å²) in [6.07, 6.45) is 0.976. The largest absolute Gasteiger partial charge is 0.304 e. The van der Waals surface area contributed by atoms with E-state index < -0.39 is 0 Å². The Morgan fingerprint density at radius 2 is 1.84 bits per heavy atom. The van der Waals surface area contributed by atoms with Crippen molar-refractivity contribution in [2.24, 2.45) is 5.92 Å². The first-order valence-corrected chi connectivity index (χ1v) is 7.65. The number of hydrogen-bond acceptors (Lipinski definition) is 2. The van der Waals surface area contributed by atoms with Gasteiger partial charge in [-0.05, 0) is 30.9 Å². The third kappa shape index (κ3) is 2.34. The van der Waals surface area contributed by atoms with Crippen molar-refractivity contribution in [2.75, 3.05) is 16.8 Å². The molecule has 0 N–H and O–H groups in total. The van der Waals surface area contributed by atoms with E-state index in [0.29, 0.717) is 18.0 Å². The zero-order valence-electron chi connectivity index (χ0n) is 11.5. The molecule has 0 bridgehead atoms. The normalized spacial score (nSPS) is 15.9. The fourth-order valence-corrected chi connectivity index (χ4v) is 3.14. The SMILES string of the molecule is CCC(CBr)CN1C(=O)C(=O)c2c(C)ccc(C)c21. The summed E-state index contributed by atoms with van der Waals surface area (Å²) >= 11 is 3.47. The third-order valence-corrected chi connectivity index (χ3v) is 4.68. The van der Waals surface area contributed by atoms with Crippen molar-refractivity contribution >= 4 is 33.3 Å². The van der Waals surface area contributed by atoms with Crippen LogP contribution < -0.4 is 4.90 Å². The molecule has 19 heavy (non-hydrogen) atoms. The van der Waals surface area contributed by atoms with Gasteiger partial charge < -0.3 is 4.90 Å². The van der Waals surface area contributed by atoms with E-state index in [1.54, 1.807) is 4.90 Å². The molecule has 1 amide bonds. The lowest BCUT2D eigenvalue weighted by Crippen LogP contribution is -2.35. The number of fused-ring (bicyclic) bond motifs is 1. The minimum absolute atomic E-state index is 0.361. The monoisotopic (exact) mass is 323 g/mol. The van der Waals surface area contributed by atoms with E-state index in [-0.39, 0.29) is 11.7 Å². The van der Waals surface area contributed by atoms with Gasteiger partial charge in [-0.25, -0.2) is 0 Å². The number of Topliss-reactive ketones (excluding diaryl/α,β-unsaturated/α-hetero) is 1. The summed E-state index contributed by atoms with van der Waals surface area (Å²) in [5.41, 5.74) is 3.28. The van der Waals surface area contributed by atoms with Crippen LogP contribution in [0.5, 0.6) is 0 Å². The molecule has 0 spiro atoms. The molecule has 0 radical (unpaired) electrons. The van der Waals surface area contributed by atoms with Crippen LogP contribution >= 0.6 is 15.9 Å². The fourth-order valence-electron chi connectivity index (χ4n) is 2.48. The van der Waals surface area contributed by atoms with Gasteiger partial charge in [-0.2, -0.15) is 0 Å².